The van der Waals surface area contributed by atoms with E-state index in [1.54, 1.807) is 20.8 Å². The molecule has 0 saturated heterocycles. The van der Waals surface area contributed by atoms with Gasteiger partial charge in [-0.1, -0.05) is 0 Å². The molecular weight excluding hydrogens is 248 g/mol. The molecule has 19 heavy (non-hydrogen) atoms. The predicted molar refractivity (Wildman–Crippen MR) is 72.4 cm³/mol. The van der Waals surface area contributed by atoms with Crippen molar-refractivity contribution in [3.8, 4) is 0 Å². The fourth-order valence-electron chi connectivity index (χ4n) is 1.49. The maximum atomic E-state index is 12.0. The van der Waals surface area contributed by atoms with Gasteiger partial charge >= 0.3 is 6.09 Å². The van der Waals surface area contributed by atoms with Crippen molar-refractivity contribution >= 4 is 17.5 Å². The molecule has 0 saturated carbocycles. The fraction of sp³-hybridized carbons (Fsp3) is 0.462. The summed E-state index contributed by atoms with van der Waals surface area (Å²) in [6, 6.07) is 5.79. The van der Waals surface area contributed by atoms with E-state index in [0.29, 0.717) is 12.2 Å². The Bertz CT molecular complexity index is 463. The summed E-state index contributed by atoms with van der Waals surface area (Å²) in [6.07, 6.45) is -0.469. The minimum absolute atomic E-state index is 0.0102. The minimum Gasteiger partial charge on any atom is -0.443 e. The largest absolute Gasteiger partial charge is 0.443 e. The van der Waals surface area contributed by atoms with Crippen molar-refractivity contribution in [2.24, 2.45) is 0 Å². The van der Waals surface area contributed by atoms with E-state index in [-0.39, 0.29) is 5.69 Å². The molecule has 0 unspecified atom stereocenters. The number of ether oxygens (including phenoxy) is 1. The van der Waals surface area contributed by atoms with Crippen molar-refractivity contribution in [2.75, 3.05) is 11.4 Å². The Kier molecular flexibility index (Phi) is 4.47. The first kappa shape index (κ1) is 14.9. The van der Waals surface area contributed by atoms with Gasteiger partial charge in [0.25, 0.3) is 5.69 Å². The third-order valence-corrected chi connectivity index (χ3v) is 2.30. The highest BCUT2D eigenvalue weighted by molar-refractivity contribution is 5.87. The predicted octanol–water partition coefficient (Wildman–Crippen LogP) is 3.36. The van der Waals surface area contributed by atoms with E-state index in [0.717, 1.165) is 0 Å². The summed E-state index contributed by atoms with van der Waals surface area (Å²) in [7, 11) is 0. The highest BCUT2D eigenvalue weighted by atomic mass is 16.6. The van der Waals surface area contributed by atoms with Crippen molar-refractivity contribution in [3.63, 3.8) is 0 Å². The van der Waals surface area contributed by atoms with Gasteiger partial charge in [0.2, 0.25) is 0 Å². The standard InChI is InChI=1S/C13H18N2O4/c1-5-14(12(16)19-13(2,3)4)10-6-8-11(9-7-10)15(17)18/h6-9H,5H2,1-4H3. The van der Waals surface area contributed by atoms with Gasteiger partial charge in [0, 0.05) is 24.4 Å². The third-order valence-electron chi connectivity index (χ3n) is 2.30. The normalized spacial score (nSPS) is 10.9. The molecule has 0 radical (unpaired) electrons. The number of nitrogens with zero attached hydrogens (tertiary/aromatic N) is 2. The first-order valence-electron chi connectivity index (χ1n) is 5.99. The lowest BCUT2D eigenvalue weighted by atomic mass is 10.2. The molecule has 1 rings (SSSR count). The van der Waals surface area contributed by atoms with Crippen LogP contribution in [0.25, 0.3) is 0 Å². The number of nitro benzene ring substituents is 1. The molecule has 1 amide bonds. The molecule has 0 fully saturated rings. The van der Waals surface area contributed by atoms with Crippen LogP contribution in [0.15, 0.2) is 24.3 Å². The lowest BCUT2D eigenvalue weighted by Gasteiger charge is -2.26. The number of non-ortho nitro benzene ring substituents is 1. The fourth-order valence-corrected chi connectivity index (χ4v) is 1.49. The van der Waals surface area contributed by atoms with Gasteiger partial charge in [-0.3, -0.25) is 15.0 Å². The summed E-state index contributed by atoms with van der Waals surface area (Å²) in [6.45, 7) is 7.59. The van der Waals surface area contributed by atoms with Gasteiger partial charge in [0.15, 0.2) is 0 Å². The average Bonchev–Trinajstić information content (AvgIpc) is 2.28. The number of hydrogen-bond acceptors (Lipinski definition) is 4. The summed E-state index contributed by atoms with van der Waals surface area (Å²) in [4.78, 5) is 23.5. The highest BCUT2D eigenvalue weighted by Crippen LogP contribution is 2.21. The Hall–Kier alpha value is -2.11. The second-order valence-corrected chi connectivity index (χ2v) is 5.00. The molecule has 0 aromatic heterocycles. The second kappa shape index (κ2) is 5.69. The lowest BCUT2D eigenvalue weighted by Crippen LogP contribution is -2.36. The van der Waals surface area contributed by atoms with E-state index in [1.165, 1.54) is 29.2 Å². The molecule has 6 nitrogen and oxygen atoms in total. The molecule has 0 aliphatic heterocycles. The molecule has 6 heteroatoms. The Morgan fingerprint density at radius 3 is 2.21 bits per heavy atom. The first-order chi connectivity index (χ1) is 8.74. The number of nitro groups is 1. The zero-order valence-corrected chi connectivity index (χ0v) is 11.5. The van der Waals surface area contributed by atoms with Crippen LogP contribution in [-0.4, -0.2) is 23.2 Å². The van der Waals surface area contributed by atoms with Crippen LogP contribution in [-0.2, 0) is 4.74 Å². The second-order valence-electron chi connectivity index (χ2n) is 5.00. The monoisotopic (exact) mass is 266 g/mol. The molecule has 0 bridgehead atoms. The molecule has 1 aromatic carbocycles. The van der Waals surface area contributed by atoms with E-state index >= 15 is 0 Å². The van der Waals surface area contributed by atoms with Crippen LogP contribution in [0.4, 0.5) is 16.2 Å². The summed E-state index contributed by atoms with van der Waals surface area (Å²) in [5.74, 6) is 0. The number of carbonyl (C=O) groups is 1. The van der Waals surface area contributed by atoms with Gasteiger partial charge in [0.05, 0.1) is 4.92 Å². The van der Waals surface area contributed by atoms with E-state index in [9.17, 15) is 14.9 Å². The van der Waals surface area contributed by atoms with Gasteiger partial charge in [-0.2, -0.15) is 0 Å². The maximum Gasteiger partial charge on any atom is 0.414 e. The molecule has 0 aliphatic carbocycles. The van der Waals surface area contributed by atoms with Gasteiger partial charge in [-0.25, -0.2) is 4.79 Å². The number of anilines is 1. The SMILES string of the molecule is CCN(C(=O)OC(C)(C)C)c1ccc([N+](=O)[O-])cc1. The van der Waals surface area contributed by atoms with Crippen LogP contribution in [0, 0.1) is 10.1 Å². The smallest absolute Gasteiger partial charge is 0.414 e. The summed E-state index contributed by atoms with van der Waals surface area (Å²) in [5, 5.41) is 10.6. The van der Waals surface area contributed by atoms with Crippen molar-refractivity contribution in [1.82, 2.24) is 0 Å². The molecule has 0 spiro atoms. The van der Waals surface area contributed by atoms with Crippen LogP contribution >= 0.6 is 0 Å². The van der Waals surface area contributed by atoms with Crippen LogP contribution in [0.1, 0.15) is 27.7 Å². The minimum atomic E-state index is -0.578. The van der Waals surface area contributed by atoms with E-state index in [1.807, 2.05) is 6.92 Å². The zero-order chi connectivity index (χ0) is 14.6. The number of amides is 1. The molecule has 104 valence electrons. The van der Waals surface area contributed by atoms with Crippen LogP contribution in [0.5, 0.6) is 0 Å². The number of carbonyl (C=O) groups excluding carboxylic acids is 1. The number of benzene rings is 1. The Balaban J connectivity index is 2.91. The van der Waals surface area contributed by atoms with E-state index in [4.69, 9.17) is 4.74 Å². The van der Waals surface area contributed by atoms with Gasteiger partial charge < -0.3 is 4.74 Å². The summed E-state index contributed by atoms with van der Waals surface area (Å²) >= 11 is 0. The molecule has 1 aromatic rings. The summed E-state index contributed by atoms with van der Waals surface area (Å²) in [5.41, 5.74) is -0.0167. The number of rotatable bonds is 3. The highest BCUT2D eigenvalue weighted by Gasteiger charge is 2.22. The van der Waals surface area contributed by atoms with Gasteiger partial charge in [-0.15, -0.1) is 0 Å². The topological polar surface area (TPSA) is 72.7 Å². The Morgan fingerprint density at radius 1 is 1.32 bits per heavy atom. The first-order valence-corrected chi connectivity index (χ1v) is 5.99. The van der Waals surface area contributed by atoms with Crippen molar-refractivity contribution in [1.29, 1.82) is 0 Å². The van der Waals surface area contributed by atoms with E-state index < -0.39 is 16.6 Å². The van der Waals surface area contributed by atoms with Crippen molar-refractivity contribution in [3.05, 3.63) is 34.4 Å². The third kappa shape index (κ3) is 4.24. The van der Waals surface area contributed by atoms with Crippen molar-refractivity contribution < 1.29 is 14.5 Å². The number of hydrogen-bond donors (Lipinski definition) is 0. The van der Waals surface area contributed by atoms with Gasteiger partial charge in [0.1, 0.15) is 5.60 Å². The van der Waals surface area contributed by atoms with Gasteiger partial charge in [-0.05, 0) is 39.8 Å². The summed E-state index contributed by atoms with van der Waals surface area (Å²) < 4.78 is 5.28. The van der Waals surface area contributed by atoms with E-state index in [2.05, 4.69) is 0 Å². The molecule has 0 N–H and O–H groups in total. The van der Waals surface area contributed by atoms with Crippen molar-refractivity contribution in [2.45, 2.75) is 33.3 Å². The molecular formula is C13H18N2O4. The maximum absolute atomic E-state index is 12.0. The molecule has 0 aliphatic rings. The molecule has 0 atom stereocenters. The average molecular weight is 266 g/mol. The van der Waals surface area contributed by atoms with Crippen LogP contribution in [0.2, 0.25) is 0 Å². The molecule has 0 heterocycles. The Morgan fingerprint density at radius 2 is 1.84 bits per heavy atom. The quantitative estimate of drug-likeness (QED) is 0.621. The van der Waals surface area contributed by atoms with Crippen LogP contribution in [0.3, 0.4) is 0 Å². The Labute approximate surface area is 112 Å². The lowest BCUT2D eigenvalue weighted by molar-refractivity contribution is -0.384. The van der Waals surface area contributed by atoms with Crippen LogP contribution < -0.4 is 4.90 Å². The zero-order valence-electron chi connectivity index (χ0n) is 11.5.